The van der Waals surface area contributed by atoms with Crippen molar-refractivity contribution in [2.45, 2.75) is 17.7 Å². The molecule has 1 N–H and O–H groups in total. The highest BCUT2D eigenvalue weighted by Gasteiger charge is 2.31. The summed E-state index contributed by atoms with van der Waals surface area (Å²) in [6.07, 6.45) is 1.63. The molecule has 2 aliphatic rings. The van der Waals surface area contributed by atoms with Crippen LogP contribution in [0.25, 0.3) is 0 Å². The lowest BCUT2D eigenvalue weighted by molar-refractivity contribution is 0.0945. The molecule has 27 heavy (non-hydrogen) atoms. The first-order valence-electron chi connectivity index (χ1n) is 9.12. The summed E-state index contributed by atoms with van der Waals surface area (Å²) in [4.78, 5) is 12.6. The largest absolute Gasteiger partial charge is 0.381 e. The van der Waals surface area contributed by atoms with Crippen LogP contribution in [0.3, 0.4) is 0 Å². The Hall–Kier alpha value is -2.38. The normalized spacial score (nSPS) is 19.1. The van der Waals surface area contributed by atoms with E-state index in [0.717, 1.165) is 18.6 Å². The number of para-hydroxylation sites is 1. The number of anilines is 1. The number of carbonyl (C=O) groups is 1. The van der Waals surface area contributed by atoms with Crippen LogP contribution in [0, 0.1) is 5.92 Å². The molecular formula is C20H22N2O4S. The maximum atomic E-state index is 13.1. The number of hydrogen-bond donors (Lipinski definition) is 1. The lowest BCUT2D eigenvalue weighted by atomic mass is 10.1. The van der Waals surface area contributed by atoms with E-state index in [1.54, 1.807) is 12.1 Å². The fourth-order valence-corrected chi connectivity index (χ4v) is 5.12. The SMILES string of the molecule is O=C(NCC1CCOC1)c1cccc(S(=O)(=O)N2CCc3ccccc32)c1. The molecular weight excluding hydrogens is 364 g/mol. The van der Waals surface area contributed by atoms with Crippen LogP contribution in [-0.2, 0) is 21.2 Å². The average Bonchev–Trinajstić information content (AvgIpc) is 3.36. The van der Waals surface area contributed by atoms with Crippen LogP contribution in [0.5, 0.6) is 0 Å². The van der Waals surface area contributed by atoms with Crippen LogP contribution < -0.4 is 9.62 Å². The smallest absolute Gasteiger partial charge is 0.264 e. The van der Waals surface area contributed by atoms with E-state index in [-0.39, 0.29) is 10.8 Å². The van der Waals surface area contributed by atoms with Crippen molar-refractivity contribution < 1.29 is 17.9 Å². The summed E-state index contributed by atoms with van der Waals surface area (Å²) in [5, 5.41) is 2.88. The van der Waals surface area contributed by atoms with Gasteiger partial charge in [0.05, 0.1) is 17.2 Å². The van der Waals surface area contributed by atoms with Crippen LogP contribution in [0.1, 0.15) is 22.3 Å². The Morgan fingerprint density at radius 3 is 2.85 bits per heavy atom. The van der Waals surface area contributed by atoms with E-state index >= 15 is 0 Å². The number of nitrogens with one attached hydrogen (secondary N) is 1. The van der Waals surface area contributed by atoms with E-state index in [1.165, 1.54) is 16.4 Å². The molecule has 142 valence electrons. The topological polar surface area (TPSA) is 75.7 Å². The quantitative estimate of drug-likeness (QED) is 0.855. The molecule has 0 spiro atoms. The molecule has 4 rings (SSSR count). The Labute approximate surface area is 159 Å². The highest BCUT2D eigenvalue weighted by molar-refractivity contribution is 7.92. The Balaban J connectivity index is 1.54. The lowest BCUT2D eigenvalue weighted by Crippen LogP contribution is -2.31. The van der Waals surface area contributed by atoms with Gasteiger partial charge in [-0.15, -0.1) is 0 Å². The molecule has 2 aliphatic heterocycles. The van der Waals surface area contributed by atoms with Crippen molar-refractivity contribution >= 4 is 21.6 Å². The van der Waals surface area contributed by atoms with E-state index in [1.807, 2.05) is 24.3 Å². The summed E-state index contributed by atoms with van der Waals surface area (Å²) in [7, 11) is -3.71. The predicted octanol–water partition coefficient (Wildman–Crippen LogP) is 2.20. The molecule has 0 saturated carbocycles. The number of carbonyl (C=O) groups excluding carboxylic acids is 1. The molecule has 6 nitrogen and oxygen atoms in total. The monoisotopic (exact) mass is 386 g/mol. The Morgan fingerprint density at radius 2 is 2.04 bits per heavy atom. The van der Waals surface area contributed by atoms with Gasteiger partial charge in [-0.1, -0.05) is 24.3 Å². The van der Waals surface area contributed by atoms with Gasteiger partial charge in [0.1, 0.15) is 0 Å². The average molecular weight is 386 g/mol. The van der Waals surface area contributed by atoms with E-state index in [9.17, 15) is 13.2 Å². The maximum Gasteiger partial charge on any atom is 0.264 e. The molecule has 0 aromatic heterocycles. The summed E-state index contributed by atoms with van der Waals surface area (Å²) < 4.78 is 33.0. The van der Waals surface area contributed by atoms with Crippen LogP contribution in [0.4, 0.5) is 5.69 Å². The van der Waals surface area contributed by atoms with Gasteiger partial charge >= 0.3 is 0 Å². The maximum absolute atomic E-state index is 13.1. The van der Waals surface area contributed by atoms with Gasteiger partial charge in [0.15, 0.2) is 0 Å². The predicted molar refractivity (Wildman–Crippen MR) is 102 cm³/mol. The first-order valence-corrected chi connectivity index (χ1v) is 10.6. The van der Waals surface area contributed by atoms with Crippen molar-refractivity contribution in [2.75, 3.05) is 30.6 Å². The van der Waals surface area contributed by atoms with Crippen molar-refractivity contribution in [3.63, 3.8) is 0 Å². The van der Waals surface area contributed by atoms with Gasteiger partial charge in [-0.25, -0.2) is 8.42 Å². The first-order chi connectivity index (χ1) is 13.1. The molecule has 2 aromatic carbocycles. The number of hydrogen-bond acceptors (Lipinski definition) is 4. The second-order valence-corrected chi connectivity index (χ2v) is 8.79. The van der Waals surface area contributed by atoms with Crippen molar-refractivity contribution in [2.24, 2.45) is 5.92 Å². The van der Waals surface area contributed by atoms with Crippen LogP contribution in [0.15, 0.2) is 53.4 Å². The van der Waals surface area contributed by atoms with E-state index in [4.69, 9.17) is 4.74 Å². The Morgan fingerprint density at radius 1 is 1.19 bits per heavy atom. The van der Waals surface area contributed by atoms with Crippen LogP contribution in [-0.4, -0.2) is 40.6 Å². The van der Waals surface area contributed by atoms with Gasteiger partial charge < -0.3 is 10.1 Å². The number of amides is 1. The molecule has 1 atom stereocenters. The van der Waals surface area contributed by atoms with Crippen LogP contribution >= 0.6 is 0 Å². The molecule has 2 aromatic rings. The van der Waals surface area contributed by atoms with Crippen molar-refractivity contribution in [1.29, 1.82) is 0 Å². The number of benzene rings is 2. The van der Waals surface area contributed by atoms with E-state index in [0.29, 0.717) is 43.3 Å². The van der Waals surface area contributed by atoms with Gasteiger partial charge in [-0.05, 0) is 42.7 Å². The zero-order valence-electron chi connectivity index (χ0n) is 14.9. The Kier molecular flexibility index (Phi) is 4.88. The number of rotatable bonds is 5. The zero-order chi connectivity index (χ0) is 18.9. The molecule has 1 saturated heterocycles. The number of fused-ring (bicyclic) bond motifs is 1. The molecule has 2 heterocycles. The van der Waals surface area contributed by atoms with Gasteiger partial charge in [-0.2, -0.15) is 0 Å². The summed E-state index contributed by atoms with van der Waals surface area (Å²) >= 11 is 0. The summed E-state index contributed by atoms with van der Waals surface area (Å²) in [6, 6.07) is 13.8. The minimum atomic E-state index is -3.71. The molecule has 1 unspecified atom stereocenters. The highest BCUT2D eigenvalue weighted by atomic mass is 32.2. The fraction of sp³-hybridized carbons (Fsp3) is 0.350. The Bertz CT molecular complexity index is 952. The zero-order valence-corrected chi connectivity index (χ0v) is 15.7. The molecule has 1 fully saturated rings. The second kappa shape index (κ2) is 7.32. The molecule has 0 aliphatic carbocycles. The molecule has 7 heteroatoms. The van der Waals surface area contributed by atoms with E-state index in [2.05, 4.69) is 5.32 Å². The molecule has 0 bridgehead atoms. The number of ether oxygens (including phenoxy) is 1. The highest BCUT2D eigenvalue weighted by Crippen LogP contribution is 2.32. The van der Waals surface area contributed by atoms with Gasteiger partial charge in [0, 0.05) is 31.2 Å². The summed E-state index contributed by atoms with van der Waals surface area (Å²) in [5.41, 5.74) is 2.09. The van der Waals surface area contributed by atoms with Gasteiger partial charge in [0.25, 0.3) is 15.9 Å². The minimum absolute atomic E-state index is 0.135. The van der Waals surface area contributed by atoms with Gasteiger partial charge in [0.2, 0.25) is 0 Å². The summed E-state index contributed by atoms with van der Waals surface area (Å²) in [6.45, 7) is 2.34. The van der Waals surface area contributed by atoms with Gasteiger partial charge in [-0.3, -0.25) is 9.10 Å². The molecule has 1 amide bonds. The third-order valence-electron chi connectivity index (χ3n) is 5.10. The first kappa shape index (κ1) is 18.0. The van der Waals surface area contributed by atoms with Crippen molar-refractivity contribution in [1.82, 2.24) is 5.32 Å². The minimum Gasteiger partial charge on any atom is -0.381 e. The third-order valence-corrected chi connectivity index (χ3v) is 6.91. The van der Waals surface area contributed by atoms with Crippen molar-refractivity contribution in [3.05, 3.63) is 59.7 Å². The number of sulfonamides is 1. The van der Waals surface area contributed by atoms with Crippen LogP contribution in [0.2, 0.25) is 0 Å². The number of nitrogens with zero attached hydrogens (tertiary/aromatic N) is 1. The van der Waals surface area contributed by atoms with Crippen molar-refractivity contribution in [3.8, 4) is 0 Å². The third kappa shape index (κ3) is 3.57. The second-order valence-electron chi connectivity index (χ2n) is 6.92. The van der Waals surface area contributed by atoms with E-state index < -0.39 is 10.0 Å². The molecule has 0 radical (unpaired) electrons. The fourth-order valence-electron chi connectivity index (χ4n) is 3.57. The summed E-state index contributed by atoms with van der Waals surface area (Å²) in [5.74, 6) is 0.0581. The lowest BCUT2D eigenvalue weighted by Gasteiger charge is -2.20. The standard InChI is InChI=1S/C20H22N2O4S/c23-20(21-13-15-9-11-26-14-15)17-5-3-6-18(12-17)27(24,25)22-10-8-16-4-1-2-7-19(16)22/h1-7,12,15H,8-11,13-14H2,(H,21,23).